The highest BCUT2D eigenvalue weighted by Crippen LogP contribution is 2.43. The molecule has 6 nitrogen and oxygen atoms in total. The van der Waals surface area contributed by atoms with Crippen LogP contribution in [-0.2, 0) is 0 Å². The second kappa shape index (κ2) is 8.02. The third-order valence-electron chi connectivity index (χ3n) is 3.69. The molecule has 25 heavy (non-hydrogen) atoms. The van der Waals surface area contributed by atoms with Crippen LogP contribution in [0.5, 0.6) is 34.5 Å². The van der Waals surface area contributed by atoms with E-state index in [4.69, 9.17) is 18.9 Å². The van der Waals surface area contributed by atoms with Crippen LogP contribution in [0.15, 0.2) is 29.3 Å². The van der Waals surface area contributed by atoms with Crippen LogP contribution < -0.4 is 18.9 Å². The molecule has 0 saturated carbocycles. The molecule has 0 bridgehead atoms. The summed E-state index contributed by atoms with van der Waals surface area (Å²) in [6.07, 6.45) is 0. The molecule has 0 radical (unpaired) electrons. The molecule has 0 unspecified atom stereocenters. The molecule has 134 valence electrons. The van der Waals surface area contributed by atoms with Gasteiger partial charge in [0.25, 0.3) is 0 Å². The van der Waals surface area contributed by atoms with E-state index >= 15 is 0 Å². The lowest BCUT2D eigenvalue weighted by Crippen LogP contribution is -1.96. The first-order valence-corrected chi connectivity index (χ1v) is 8.13. The number of phenols is 2. The second-order valence-corrected chi connectivity index (χ2v) is 5.44. The first kappa shape index (κ1) is 18.8. The minimum absolute atomic E-state index is 0.0801. The van der Waals surface area contributed by atoms with Gasteiger partial charge in [-0.15, -0.1) is 0 Å². The molecule has 0 aliphatic heterocycles. The molecule has 2 N–H and O–H groups in total. The molecule has 0 spiro atoms. The Kier molecular flexibility index (Phi) is 6.03. The van der Waals surface area contributed by atoms with E-state index in [0.29, 0.717) is 0 Å². The lowest BCUT2D eigenvalue weighted by Gasteiger charge is -2.16. The van der Waals surface area contributed by atoms with Crippen LogP contribution in [0.2, 0.25) is 0 Å². The largest absolute Gasteiger partial charge is 0.502 e. The molecule has 0 amide bonds. The maximum atomic E-state index is 10.1. The molecule has 0 aliphatic carbocycles. The smallest absolute Gasteiger partial charge is 0.200 e. The Labute approximate surface area is 154 Å². The van der Waals surface area contributed by atoms with Gasteiger partial charge in [0.05, 0.1) is 28.4 Å². The Bertz CT molecular complexity index is 687. The van der Waals surface area contributed by atoms with Crippen LogP contribution in [-0.4, -0.2) is 38.7 Å². The van der Waals surface area contributed by atoms with Crippen LogP contribution >= 0.6 is 15.9 Å². The maximum Gasteiger partial charge on any atom is 0.200 e. The van der Waals surface area contributed by atoms with Gasteiger partial charge in [0.2, 0.25) is 11.5 Å². The van der Waals surface area contributed by atoms with Crippen molar-refractivity contribution in [2.24, 2.45) is 0 Å². The number of hydrogen-bond donors (Lipinski definition) is 2. The Hall–Kier alpha value is -2.54. The fourth-order valence-corrected chi connectivity index (χ4v) is 2.92. The molecule has 0 aromatic heterocycles. The van der Waals surface area contributed by atoms with E-state index in [1.54, 1.807) is 29.3 Å². The van der Waals surface area contributed by atoms with Gasteiger partial charge in [-0.3, -0.25) is 0 Å². The number of benzene rings is 2. The van der Waals surface area contributed by atoms with Crippen molar-refractivity contribution in [2.75, 3.05) is 28.4 Å². The summed E-state index contributed by atoms with van der Waals surface area (Å²) in [5.41, 5.74) is 2.18. The Morgan fingerprint density at radius 1 is 0.720 bits per heavy atom. The molecule has 0 saturated heterocycles. The monoisotopic (exact) mass is 410 g/mol. The topological polar surface area (TPSA) is 77.4 Å². The summed E-state index contributed by atoms with van der Waals surface area (Å²) in [7, 11) is 5.84. The highest BCUT2D eigenvalue weighted by atomic mass is 79.9. The molecule has 2 rings (SSSR count). The third kappa shape index (κ3) is 3.61. The molecule has 2 aromatic carbocycles. The van der Waals surface area contributed by atoms with Crippen LogP contribution in [0.3, 0.4) is 0 Å². The van der Waals surface area contributed by atoms with Crippen molar-refractivity contribution in [2.45, 2.75) is 0 Å². The highest BCUT2D eigenvalue weighted by Gasteiger charge is 2.18. The van der Waals surface area contributed by atoms with Crippen LogP contribution in [0.1, 0.15) is 11.1 Å². The SMILES string of the molecule is COc1cc(C(=CBr)c2cc(OC)c(O)c(OC)c2)cc(OC)c1O. The van der Waals surface area contributed by atoms with Gasteiger partial charge in [-0.05, 0) is 46.0 Å². The molecule has 0 aliphatic rings. The van der Waals surface area contributed by atoms with Crippen LogP contribution in [0, 0.1) is 0 Å². The summed E-state index contributed by atoms with van der Waals surface area (Å²) in [4.78, 5) is 1.71. The number of methoxy groups -OCH3 is 4. The zero-order valence-electron chi connectivity index (χ0n) is 14.3. The van der Waals surface area contributed by atoms with Gasteiger partial charge in [0, 0.05) is 0 Å². The van der Waals surface area contributed by atoms with Crippen molar-refractivity contribution in [3.8, 4) is 34.5 Å². The summed E-state index contributed by atoms with van der Waals surface area (Å²) in [5, 5.41) is 20.2. The number of aromatic hydroxyl groups is 2. The molecular formula is C18H19BrO6. The fraction of sp³-hybridized carbons (Fsp3) is 0.222. The van der Waals surface area contributed by atoms with Gasteiger partial charge in [-0.1, -0.05) is 15.9 Å². The van der Waals surface area contributed by atoms with E-state index in [1.807, 2.05) is 0 Å². The number of ether oxygens (including phenoxy) is 4. The van der Waals surface area contributed by atoms with E-state index in [-0.39, 0.29) is 34.5 Å². The number of rotatable bonds is 6. The summed E-state index contributed by atoms with van der Waals surface area (Å²) in [5.74, 6) is 0.947. The summed E-state index contributed by atoms with van der Waals surface area (Å²) < 4.78 is 20.8. The summed E-state index contributed by atoms with van der Waals surface area (Å²) in [6.45, 7) is 0. The second-order valence-electron chi connectivity index (χ2n) is 4.98. The zero-order chi connectivity index (χ0) is 18.6. The van der Waals surface area contributed by atoms with Crippen molar-refractivity contribution < 1.29 is 29.2 Å². The van der Waals surface area contributed by atoms with Crippen molar-refractivity contribution in [3.05, 3.63) is 40.4 Å². The summed E-state index contributed by atoms with van der Waals surface area (Å²) >= 11 is 3.36. The van der Waals surface area contributed by atoms with E-state index in [9.17, 15) is 10.2 Å². The van der Waals surface area contributed by atoms with Crippen molar-refractivity contribution in [3.63, 3.8) is 0 Å². The maximum absolute atomic E-state index is 10.1. The number of hydrogen-bond acceptors (Lipinski definition) is 6. The molecule has 2 aromatic rings. The first-order chi connectivity index (χ1) is 12.0. The predicted octanol–water partition coefficient (Wildman–Crippen LogP) is 3.92. The third-order valence-corrected chi connectivity index (χ3v) is 4.15. The van der Waals surface area contributed by atoms with Crippen molar-refractivity contribution in [1.29, 1.82) is 0 Å². The number of phenolic OH excluding ortho intramolecular Hbond substituents is 2. The van der Waals surface area contributed by atoms with Crippen molar-refractivity contribution in [1.82, 2.24) is 0 Å². The van der Waals surface area contributed by atoms with Gasteiger partial charge >= 0.3 is 0 Å². The van der Waals surface area contributed by atoms with Gasteiger partial charge in [0.15, 0.2) is 23.0 Å². The normalized spacial score (nSPS) is 10.1. The standard InChI is InChI=1S/C18H19BrO6/c1-22-13-5-10(6-14(23-2)17(13)20)12(9-19)11-7-15(24-3)18(21)16(8-11)25-4/h5-9,20-21H,1-4H3. The first-order valence-electron chi connectivity index (χ1n) is 7.21. The van der Waals surface area contributed by atoms with Gasteiger partial charge in [-0.25, -0.2) is 0 Å². The van der Waals surface area contributed by atoms with E-state index in [0.717, 1.165) is 16.7 Å². The lowest BCUT2D eigenvalue weighted by molar-refractivity contribution is 0.339. The number of halogens is 1. The van der Waals surface area contributed by atoms with E-state index in [2.05, 4.69) is 15.9 Å². The molecule has 0 atom stereocenters. The molecular weight excluding hydrogens is 392 g/mol. The van der Waals surface area contributed by atoms with E-state index < -0.39 is 0 Å². The average molecular weight is 411 g/mol. The molecule has 7 heteroatoms. The fourth-order valence-electron chi connectivity index (χ4n) is 2.39. The predicted molar refractivity (Wildman–Crippen MR) is 98.4 cm³/mol. The van der Waals surface area contributed by atoms with Crippen LogP contribution in [0.25, 0.3) is 5.57 Å². The molecule has 0 fully saturated rings. The quantitative estimate of drug-likeness (QED) is 0.751. The molecule has 0 heterocycles. The van der Waals surface area contributed by atoms with E-state index in [1.165, 1.54) is 28.4 Å². The van der Waals surface area contributed by atoms with Gasteiger partial charge in [0.1, 0.15) is 0 Å². The lowest BCUT2D eigenvalue weighted by atomic mass is 9.98. The zero-order valence-corrected chi connectivity index (χ0v) is 15.9. The Balaban J connectivity index is 2.66. The van der Waals surface area contributed by atoms with Crippen molar-refractivity contribution >= 4 is 21.5 Å². The average Bonchev–Trinajstić information content (AvgIpc) is 2.64. The Morgan fingerprint density at radius 2 is 1.00 bits per heavy atom. The highest BCUT2D eigenvalue weighted by molar-refractivity contribution is 9.11. The van der Waals surface area contributed by atoms with Crippen LogP contribution in [0.4, 0.5) is 0 Å². The van der Waals surface area contributed by atoms with Gasteiger partial charge < -0.3 is 29.2 Å². The summed E-state index contributed by atoms with van der Waals surface area (Å²) in [6, 6.07) is 6.71. The Morgan fingerprint density at radius 3 is 1.20 bits per heavy atom. The minimum Gasteiger partial charge on any atom is -0.502 e. The minimum atomic E-state index is -0.0801. The van der Waals surface area contributed by atoms with Gasteiger partial charge in [-0.2, -0.15) is 0 Å².